The van der Waals surface area contributed by atoms with E-state index in [4.69, 9.17) is 11.6 Å². The van der Waals surface area contributed by atoms with Gasteiger partial charge in [0.15, 0.2) is 5.16 Å². The van der Waals surface area contributed by atoms with Gasteiger partial charge in [-0.1, -0.05) is 37.2 Å². The molecule has 0 radical (unpaired) electrons. The van der Waals surface area contributed by atoms with E-state index in [1.165, 1.54) is 36.0 Å². The first-order valence-corrected chi connectivity index (χ1v) is 11.8. The van der Waals surface area contributed by atoms with Crippen molar-refractivity contribution in [3.05, 3.63) is 46.9 Å². The third-order valence-electron chi connectivity index (χ3n) is 5.00. The van der Waals surface area contributed by atoms with Crippen LogP contribution in [-0.4, -0.2) is 64.7 Å². The van der Waals surface area contributed by atoms with Crippen molar-refractivity contribution in [2.75, 3.05) is 36.8 Å². The van der Waals surface area contributed by atoms with E-state index in [0.29, 0.717) is 53.8 Å². The standard InChI is InChI=1S/C22H27ClFN5O2S/c1-14(2)11-25-20(30)13-32-22-26-18(23)10-19(27-22)28-8-9-29(15(3)12-28)21(31)16-4-6-17(24)7-5-16/h4-7,10,14-15H,8-9,11-13H2,1-3H3,(H,25,30). The Hall–Kier alpha value is -2.39. The molecule has 2 heterocycles. The molecule has 2 aromatic rings. The molecule has 7 nitrogen and oxygen atoms in total. The topological polar surface area (TPSA) is 78.4 Å². The van der Waals surface area contributed by atoms with Crippen LogP contribution in [0.5, 0.6) is 0 Å². The van der Waals surface area contributed by atoms with Gasteiger partial charge in [0.25, 0.3) is 5.91 Å². The number of anilines is 1. The average molecular weight is 480 g/mol. The fraction of sp³-hybridized carbons (Fsp3) is 0.455. The fourth-order valence-corrected chi connectivity index (χ4v) is 4.25. The Morgan fingerprint density at radius 1 is 1.25 bits per heavy atom. The second kappa shape index (κ2) is 11.0. The maximum absolute atomic E-state index is 13.2. The van der Waals surface area contributed by atoms with Gasteiger partial charge in [0, 0.05) is 43.9 Å². The van der Waals surface area contributed by atoms with Gasteiger partial charge in [0.05, 0.1) is 5.75 Å². The van der Waals surface area contributed by atoms with Crippen LogP contribution in [0.3, 0.4) is 0 Å². The van der Waals surface area contributed by atoms with Crippen LogP contribution in [-0.2, 0) is 4.79 Å². The average Bonchev–Trinajstić information content (AvgIpc) is 2.76. The number of rotatable bonds is 7. The number of aromatic nitrogens is 2. The highest BCUT2D eigenvalue weighted by Gasteiger charge is 2.29. The maximum Gasteiger partial charge on any atom is 0.254 e. The monoisotopic (exact) mass is 479 g/mol. The minimum absolute atomic E-state index is 0.0737. The summed E-state index contributed by atoms with van der Waals surface area (Å²) in [7, 11) is 0. The molecule has 0 saturated carbocycles. The lowest BCUT2D eigenvalue weighted by Crippen LogP contribution is -2.54. The van der Waals surface area contributed by atoms with Crippen molar-refractivity contribution in [1.82, 2.24) is 20.2 Å². The molecule has 1 saturated heterocycles. The Kier molecular flexibility index (Phi) is 8.31. The number of halogens is 2. The molecule has 1 aromatic heterocycles. The van der Waals surface area contributed by atoms with Crippen molar-refractivity contribution < 1.29 is 14.0 Å². The molecule has 172 valence electrons. The number of thioether (sulfide) groups is 1. The van der Waals surface area contributed by atoms with Crippen LogP contribution in [0, 0.1) is 11.7 Å². The molecule has 1 aromatic carbocycles. The lowest BCUT2D eigenvalue weighted by molar-refractivity contribution is -0.118. The number of carbonyl (C=O) groups excluding carboxylic acids is 2. The molecule has 32 heavy (non-hydrogen) atoms. The second-order valence-electron chi connectivity index (χ2n) is 8.12. The first kappa shape index (κ1) is 24.3. The molecule has 0 bridgehead atoms. The van der Waals surface area contributed by atoms with Crippen LogP contribution in [0.2, 0.25) is 5.15 Å². The molecular weight excluding hydrogens is 453 g/mol. The van der Waals surface area contributed by atoms with E-state index in [1.54, 1.807) is 11.0 Å². The smallest absolute Gasteiger partial charge is 0.254 e. The molecule has 1 N–H and O–H groups in total. The van der Waals surface area contributed by atoms with Gasteiger partial charge in [0.1, 0.15) is 16.8 Å². The summed E-state index contributed by atoms with van der Waals surface area (Å²) in [6, 6.07) is 7.20. The molecule has 2 amide bonds. The lowest BCUT2D eigenvalue weighted by Gasteiger charge is -2.40. The number of hydrogen-bond donors (Lipinski definition) is 1. The van der Waals surface area contributed by atoms with Gasteiger partial charge in [-0.25, -0.2) is 14.4 Å². The van der Waals surface area contributed by atoms with E-state index in [2.05, 4.69) is 20.2 Å². The highest BCUT2D eigenvalue weighted by molar-refractivity contribution is 7.99. The number of piperazine rings is 1. The van der Waals surface area contributed by atoms with Crippen molar-refractivity contribution >= 4 is 41.0 Å². The van der Waals surface area contributed by atoms with Gasteiger partial charge in [-0.3, -0.25) is 9.59 Å². The molecule has 3 rings (SSSR count). The molecule has 10 heteroatoms. The predicted molar refractivity (Wildman–Crippen MR) is 125 cm³/mol. The Morgan fingerprint density at radius 2 is 1.97 bits per heavy atom. The number of carbonyl (C=O) groups is 2. The third kappa shape index (κ3) is 6.56. The Labute approximate surface area is 196 Å². The van der Waals surface area contributed by atoms with Gasteiger partial charge >= 0.3 is 0 Å². The number of benzene rings is 1. The summed E-state index contributed by atoms with van der Waals surface area (Å²) in [4.78, 5) is 37.4. The van der Waals surface area contributed by atoms with E-state index < -0.39 is 0 Å². The zero-order valence-electron chi connectivity index (χ0n) is 18.3. The Bertz CT molecular complexity index is 960. The van der Waals surface area contributed by atoms with E-state index in [0.717, 1.165) is 0 Å². The molecule has 1 aliphatic rings. The van der Waals surface area contributed by atoms with E-state index >= 15 is 0 Å². The molecule has 0 aliphatic carbocycles. The van der Waals surface area contributed by atoms with Gasteiger partial charge in [-0.15, -0.1) is 0 Å². The lowest BCUT2D eigenvalue weighted by atomic mass is 10.1. The molecule has 1 aliphatic heterocycles. The quantitative estimate of drug-likeness (QED) is 0.372. The minimum atomic E-state index is -0.369. The summed E-state index contributed by atoms with van der Waals surface area (Å²) in [5.74, 6) is 0.690. The summed E-state index contributed by atoms with van der Waals surface area (Å²) in [6.07, 6.45) is 0. The first-order chi connectivity index (χ1) is 15.2. The number of nitrogens with zero attached hydrogens (tertiary/aromatic N) is 4. The van der Waals surface area contributed by atoms with Crippen LogP contribution in [0.1, 0.15) is 31.1 Å². The third-order valence-corrected chi connectivity index (χ3v) is 6.05. The summed E-state index contributed by atoms with van der Waals surface area (Å²) >= 11 is 7.45. The normalized spacial score (nSPS) is 16.4. The van der Waals surface area contributed by atoms with Gasteiger partial charge < -0.3 is 15.1 Å². The summed E-state index contributed by atoms with van der Waals surface area (Å²) in [5.41, 5.74) is 0.464. The Morgan fingerprint density at radius 3 is 2.62 bits per heavy atom. The fourth-order valence-electron chi connectivity index (χ4n) is 3.34. The van der Waals surface area contributed by atoms with E-state index in [1.807, 2.05) is 20.8 Å². The predicted octanol–water partition coefficient (Wildman–Crippen LogP) is 3.48. The SMILES string of the molecule is CC(C)CNC(=O)CSc1nc(Cl)cc(N2CCN(C(=O)c3ccc(F)cc3)C(C)C2)n1. The van der Waals surface area contributed by atoms with Crippen molar-refractivity contribution in [3.8, 4) is 0 Å². The van der Waals surface area contributed by atoms with Crippen molar-refractivity contribution in [2.45, 2.75) is 32.0 Å². The van der Waals surface area contributed by atoms with E-state index in [-0.39, 0.29) is 29.4 Å². The molecule has 0 spiro atoms. The number of nitrogens with one attached hydrogen (secondary N) is 1. The number of amides is 2. The molecular formula is C22H27ClFN5O2S. The summed E-state index contributed by atoms with van der Waals surface area (Å²) in [6.45, 7) is 8.30. The van der Waals surface area contributed by atoms with Crippen molar-refractivity contribution in [2.24, 2.45) is 5.92 Å². The van der Waals surface area contributed by atoms with E-state index in [9.17, 15) is 14.0 Å². The zero-order valence-corrected chi connectivity index (χ0v) is 19.9. The van der Waals surface area contributed by atoms with Gasteiger partial charge in [0.2, 0.25) is 5.91 Å². The minimum Gasteiger partial charge on any atom is -0.355 e. The second-order valence-corrected chi connectivity index (χ2v) is 9.45. The van der Waals surface area contributed by atoms with Crippen LogP contribution in [0.25, 0.3) is 0 Å². The first-order valence-electron chi connectivity index (χ1n) is 10.5. The highest BCUT2D eigenvalue weighted by atomic mass is 35.5. The van der Waals surface area contributed by atoms with Crippen molar-refractivity contribution in [1.29, 1.82) is 0 Å². The summed E-state index contributed by atoms with van der Waals surface area (Å²) in [5, 5.41) is 3.60. The Balaban J connectivity index is 1.62. The van der Waals surface area contributed by atoms with Gasteiger partial charge in [-0.2, -0.15) is 0 Å². The van der Waals surface area contributed by atoms with Gasteiger partial charge in [-0.05, 0) is 37.1 Å². The highest BCUT2D eigenvalue weighted by Crippen LogP contribution is 2.24. The van der Waals surface area contributed by atoms with Crippen LogP contribution < -0.4 is 10.2 Å². The summed E-state index contributed by atoms with van der Waals surface area (Å²) < 4.78 is 13.2. The molecule has 1 unspecified atom stereocenters. The van der Waals surface area contributed by atoms with Crippen LogP contribution in [0.15, 0.2) is 35.5 Å². The number of hydrogen-bond acceptors (Lipinski definition) is 6. The molecule has 1 atom stereocenters. The maximum atomic E-state index is 13.2. The largest absolute Gasteiger partial charge is 0.355 e. The van der Waals surface area contributed by atoms with Crippen LogP contribution in [0.4, 0.5) is 10.2 Å². The van der Waals surface area contributed by atoms with Crippen molar-refractivity contribution in [3.63, 3.8) is 0 Å². The van der Waals surface area contributed by atoms with Crippen LogP contribution >= 0.6 is 23.4 Å². The zero-order chi connectivity index (χ0) is 23.3. The molecule has 1 fully saturated rings.